The van der Waals surface area contributed by atoms with E-state index in [9.17, 15) is 0 Å². The Morgan fingerprint density at radius 3 is 2.67 bits per heavy atom. The highest BCUT2D eigenvalue weighted by atomic mass is 16.5. The Kier molecular flexibility index (Phi) is 4.20. The van der Waals surface area contributed by atoms with Gasteiger partial charge in [0.15, 0.2) is 0 Å². The van der Waals surface area contributed by atoms with Crippen LogP contribution in [0.5, 0.6) is 11.5 Å². The molecular formula is C18H25NO2. The molecule has 1 aromatic rings. The molecule has 3 nitrogen and oxygen atoms in total. The fraction of sp³-hybridized carbons (Fsp3) is 0.556. The van der Waals surface area contributed by atoms with E-state index in [-0.39, 0.29) is 6.04 Å². The Morgan fingerprint density at radius 1 is 1.19 bits per heavy atom. The molecule has 4 unspecified atom stereocenters. The maximum Gasteiger partial charge on any atom is 0.123 e. The quantitative estimate of drug-likeness (QED) is 0.811. The standard InChI is InChI=1S/C18H25NO2/c1-12(17-10-16(20-2)6-7-18(17)21-3)19-11-15-9-13-4-5-14(15)8-13/h4-7,10,12-15,19H,8-9,11H2,1-3H3. The van der Waals surface area contributed by atoms with Crippen LogP contribution in [-0.2, 0) is 0 Å². The summed E-state index contributed by atoms with van der Waals surface area (Å²) in [6.07, 6.45) is 7.52. The SMILES string of the molecule is COc1ccc(OC)c(C(C)NCC2CC3C=CC2C3)c1. The van der Waals surface area contributed by atoms with E-state index in [0.717, 1.165) is 41.4 Å². The molecule has 0 aliphatic heterocycles. The average Bonchev–Trinajstić information content (AvgIpc) is 3.14. The van der Waals surface area contributed by atoms with Crippen LogP contribution in [0.4, 0.5) is 0 Å². The monoisotopic (exact) mass is 287 g/mol. The molecule has 2 aliphatic rings. The largest absolute Gasteiger partial charge is 0.497 e. The molecule has 1 fully saturated rings. The maximum atomic E-state index is 5.48. The first-order valence-corrected chi connectivity index (χ1v) is 7.85. The molecule has 0 spiro atoms. The van der Waals surface area contributed by atoms with Crippen molar-refractivity contribution in [3.8, 4) is 11.5 Å². The van der Waals surface area contributed by atoms with Crippen molar-refractivity contribution in [3.63, 3.8) is 0 Å². The van der Waals surface area contributed by atoms with Crippen LogP contribution in [0.3, 0.4) is 0 Å². The first kappa shape index (κ1) is 14.5. The summed E-state index contributed by atoms with van der Waals surface area (Å²) in [5, 5.41) is 3.68. The number of benzene rings is 1. The number of methoxy groups -OCH3 is 2. The molecule has 0 saturated heterocycles. The predicted molar refractivity (Wildman–Crippen MR) is 84.8 cm³/mol. The number of ether oxygens (including phenoxy) is 2. The third-order valence-corrected chi connectivity index (χ3v) is 5.01. The minimum atomic E-state index is 0.262. The second kappa shape index (κ2) is 6.10. The first-order chi connectivity index (χ1) is 10.2. The van der Waals surface area contributed by atoms with Gasteiger partial charge in [0, 0.05) is 11.6 Å². The van der Waals surface area contributed by atoms with Crippen molar-refractivity contribution in [2.24, 2.45) is 17.8 Å². The summed E-state index contributed by atoms with van der Waals surface area (Å²) in [5.74, 6) is 4.22. The van der Waals surface area contributed by atoms with E-state index < -0.39 is 0 Å². The van der Waals surface area contributed by atoms with Gasteiger partial charge in [0.2, 0.25) is 0 Å². The minimum Gasteiger partial charge on any atom is -0.497 e. The molecule has 4 atom stereocenters. The lowest BCUT2D eigenvalue weighted by Gasteiger charge is -2.23. The predicted octanol–water partition coefficient (Wildman–Crippen LogP) is 3.57. The molecular weight excluding hydrogens is 262 g/mol. The van der Waals surface area contributed by atoms with Crippen molar-refractivity contribution in [2.45, 2.75) is 25.8 Å². The van der Waals surface area contributed by atoms with Crippen LogP contribution in [0.15, 0.2) is 30.4 Å². The Morgan fingerprint density at radius 2 is 2.05 bits per heavy atom. The average molecular weight is 287 g/mol. The van der Waals surface area contributed by atoms with E-state index in [0.29, 0.717) is 0 Å². The summed E-state index contributed by atoms with van der Waals surface area (Å²) in [5.41, 5.74) is 1.16. The lowest BCUT2D eigenvalue weighted by molar-refractivity contribution is 0.373. The fourth-order valence-electron chi connectivity index (χ4n) is 3.75. The van der Waals surface area contributed by atoms with Crippen molar-refractivity contribution in [2.75, 3.05) is 20.8 Å². The molecule has 1 N–H and O–H groups in total. The van der Waals surface area contributed by atoms with Crippen molar-refractivity contribution in [1.29, 1.82) is 0 Å². The van der Waals surface area contributed by atoms with E-state index in [1.165, 1.54) is 12.8 Å². The summed E-state index contributed by atoms with van der Waals surface area (Å²) >= 11 is 0. The van der Waals surface area contributed by atoms with Crippen LogP contribution in [0.25, 0.3) is 0 Å². The summed E-state index contributed by atoms with van der Waals surface area (Å²) < 4.78 is 10.8. The smallest absolute Gasteiger partial charge is 0.123 e. The highest BCUT2D eigenvalue weighted by molar-refractivity contribution is 5.42. The van der Waals surface area contributed by atoms with Crippen LogP contribution in [-0.4, -0.2) is 20.8 Å². The van der Waals surface area contributed by atoms with Crippen molar-refractivity contribution in [1.82, 2.24) is 5.32 Å². The molecule has 0 radical (unpaired) electrons. The zero-order chi connectivity index (χ0) is 14.8. The van der Waals surface area contributed by atoms with Gasteiger partial charge in [-0.3, -0.25) is 0 Å². The minimum absolute atomic E-state index is 0.262. The summed E-state index contributed by atoms with van der Waals surface area (Å²) in [6.45, 7) is 3.27. The van der Waals surface area contributed by atoms with Gasteiger partial charge in [-0.25, -0.2) is 0 Å². The van der Waals surface area contributed by atoms with Gasteiger partial charge in [-0.05, 0) is 62.3 Å². The van der Waals surface area contributed by atoms with Crippen molar-refractivity contribution in [3.05, 3.63) is 35.9 Å². The second-order valence-corrected chi connectivity index (χ2v) is 6.28. The highest BCUT2D eigenvalue weighted by Crippen LogP contribution is 2.43. The third-order valence-electron chi connectivity index (χ3n) is 5.01. The lowest BCUT2D eigenvalue weighted by atomic mass is 9.93. The Labute approximate surface area is 127 Å². The maximum absolute atomic E-state index is 5.48. The molecule has 0 amide bonds. The second-order valence-electron chi connectivity index (χ2n) is 6.28. The van der Waals surface area contributed by atoms with E-state index in [1.54, 1.807) is 14.2 Å². The lowest BCUT2D eigenvalue weighted by Crippen LogP contribution is -2.28. The summed E-state index contributed by atoms with van der Waals surface area (Å²) in [6, 6.07) is 6.25. The van der Waals surface area contributed by atoms with E-state index >= 15 is 0 Å². The number of hydrogen-bond acceptors (Lipinski definition) is 3. The summed E-state index contributed by atoms with van der Waals surface area (Å²) in [7, 11) is 3.42. The van der Waals surface area contributed by atoms with Crippen LogP contribution in [0.2, 0.25) is 0 Å². The molecule has 0 aromatic heterocycles. The molecule has 3 rings (SSSR count). The van der Waals surface area contributed by atoms with Crippen LogP contribution in [0, 0.1) is 17.8 Å². The molecule has 2 aliphatic carbocycles. The van der Waals surface area contributed by atoms with E-state index in [2.05, 4.69) is 30.5 Å². The molecule has 1 aromatic carbocycles. The van der Waals surface area contributed by atoms with Gasteiger partial charge in [0.05, 0.1) is 14.2 Å². The Bertz CT molecular complexity index is 526. The summed E-state index contributed by atoms with van der Waals surface area (Å²) in [4.78, 5) is 0. The Hall–Kier alpha value is -1.48. The van der Waals surface area contributed by atoms with E-state index in [1.807, 2.05) is 12.1 Å². The van der Waals surface area contributed by atoms with Crippen molar-refractivity contribution >= 4 is 0 Å². The molecule has 21 heavy (non-hydrogen) atoms. The topological polar surface area (TPSA) is 30.5 Å². The van der Waals surface area contributed by atoms with Gasteiger partial charge >= 0.3 is 0 Å². The number of nitrogens with one attached hydrogen (secondary N) is 1. The number of hydrogen-bond donors (Lipinski definition) is 1. The first-order valence-electron chi connectivity index (χ1n) is 7.85. The number of rotatable bonds is 6. The van der Waals surface area contributed by atoms with Gasteiger partial charge in [0.1, 0.15) is 11.5 Å². The van der Waals surface area contributed by atoms with Crippen molar-refractivity contribution < 1.29 is 9.47 Å². The normalized spacial score (nSPS) is 27.9. The molecule has 0 heterocycles. The highest BCUT2D eigenvalue weighted by Gasteiger charge is 2.35. The van der Waals surface area contributed by atoms with Crippen LogP contribution >= 0.6 is 0 Å². The molecule has 3 heteroatoms. The fourth-order valence-corrected chi connectivity index (χ4v) is 3.75. The third kappa shape index (κ3) is 2.93. The number of fused-ring (bicyclic) bond motifs is 2. The van der Waals surface area contributed by atoms with Gasteiger partial charge in [-0.1, -0.05) is 12.2 Å². The number of allylic oxidation sites excluding steroid dienone is 2. The van der Waals surface area contributed by atoms with Gasteiger partial charge in [-0.2, -0.15) is 0 Å². The molecule has 1 saturated carbocycles. The molecule has 2 bridgehead atoms. The zero-order valence-corrected chi connectivity index (χ0v) is 13.1. The van der Waals surface area contributed by atoms with Gasteiger partial charge in [-0.15, -0.1) is 0 Å². The van der Waals surface area contributed by atoms with Gasteiger partial charge < -0.3 is 14.8 Å². The van der Waals surface area contributed by atoms with E-state index in [4.69, 9.17) is 9.47 Å². The zero-order valence-electron chi connectivity index (χ0n) is 13.1. The van der Waals surface area contributed by atoms with Gasteiger partial charge in [0.25, 0.3) is 0 Å². The van der Waals surface area contributed by atoms with Crippen LogP contribution in [0.1, 0.15) is 31.4 Å². The molecule has 114 valence electrons. The Balaban J connectivity index is 1.64. The van der Waals surface area contributed by atoms with Crippen LogP contribution < -0.4 is 14.8 Å².